The van der Waals surface area contributed by atoms with Crippen molar-refractivity contribution in [2.45, 2.75) is 6.92 Å². The van der Waals surface area contributed by atoms with Gasteiger partial charge in [-0.25, -0.2) is 0 Å². The SMILES string of the molecule is CC=C(c1cc(OC)cc(OC)c1)c1ccc(OC)c([N+](=O)[O-])c1. The fourth-order valence-electron chi connectivity index (χ4n) is 2.46. The molecular formula is C18H19NO5. The van der Waals surface area contributed by atoms with Crippen LogP contribution in [0, 0.1) is 10.1 Å². The van der Waals surface area contributed by atoms with E-state index in [1.54, 1.807) is 32.4 Å². The van der Waals surface area contributed by atoms with E-state index in [-0.39, 0.29) is 11.4 Å². The van der Waals surface area contributed by atoms with Crippen LogP contribution in [0.1, 0.15) is 18.1 Å². The predicted octanol–water partition coefficient (Wildman–Crippen LogP) is 4.07. The monoisotopic (exact) mass is 329 g/mol. The third-order valence-electron chi connectivity index (χ3n) is 3.64. The summed E-state index contributed by atoms with van der Waals surface area (Å²) in [7, 11) is 4.56. The number of ether oxygens (including phenoxy) is 3. The highest BCUT2D eigenvalue weighted by Gasteiger charge is 2.17. The van der Waals surface area contributed by atoms with E-state index in [1.807, 2.05) is 25.1 Å². The van der Waals surface area contributed by atoms with Crippen LogP contribution in [0.5, 0.6) is 17.2 Å². The number of methoxy groups -OCH3 is 3. The maximum absolute atomic E-state index is 11.2. The summed E-state index contributed by atoms with van der Waals surface area (Å²) in [5.41, 5.74) is 2.30. The van der Waals surface area contributed by atoms with E-state index < -0.39 is 4.92 Å². The van der Waals surface area contributed by atoms with Crippen LogP contribution in [0.25, 0.3) is 5.57 Å². The number of nitro benzene ring substituents is 1. The van der Waals surface area contributed by atoms with Gasteiger partial charge in [0, 0.05) is 12.1 Å². The molecule has 24 heavy (non-hydrogen) atoms. The van der Waals surface area contributed by atoms with Crippen molar-refractivity contribution in [2.24, 2.45) is 0 Å². The van der Waals surface area contributed by atoms with Crippen molar-refractivity contribution in [1.82, 2.24) is 0 Å². The topological polar surface area (TPSA) is 70.8 Å². The normalized spacial score (nSPS) is 11.1. The number of nitrogens with zero attached hydrogens (tertiary/aromatic N) is 1. The summed E-state index contributed by atoms with van der Waals surface area (Å²) in [5, 5.41) is 11.2. The van der Waals surface area contributed by atoms with Crippen LogP contribution in [-0.4, -0.2) is 26.3 Å². The number of hydrogen-bond acceptors (Lipinski definition) is 5. The second kappa shape index (κ2) is 7.50. The molecule has 6 nitrogen and oxygen atoms in total. The fraction of sp³-hybridized carbons (Fsp3) is 0.222. The molecule has 0 fully saturated rings. The van der Waals surface area contributed by atoms with Crippen molar-refractivity contribution in [1.29, 1.82) is 0 Å². The number of allylic oxidation sites excluding steroid dienone is 1. The molecule has 0 radical (unpaired) electrons. The lowest BCUT2D eigenvalue weighted by Gasteiger charge is -2.12. The Hall–Kier alpha value is -3.02. The molecule has 0 aliphatic rings. The van der Waals surface area contributed by atoms with E-state index in [0.29, 0.717) is 17.1 Å². The zero-order valence-corrected chi connectivity index (χ0v) is 14.0. The molecule has 0 saturated carbocycles. The van der Waals surface area contributed by atoms with Crippen molar-refractivity contribution in [3.63, 3.8) is 0 Å². The minimum atomic E-state index is -0.457. The average molecular weight is 329 g/mol. The van der Waals surface area contributed by atoms with Gasteiger partial charge in [-0.3, -0.25) is 10.1 Å². The van der Waals surface area contributed by atoms with Crippen molar-refractivity contribution in [2.75, 3.05) is 21.3 Å². The molecule has 0 atom stereocenters. The molecule has 0 unspecified atom stereocenters. The Morgan fingerprint density at radius 1 is 0.958 bits per heavy atom. The summed E-state index contributed by atoms with van der Waals surface area (Å²) in [6.45, 7) is 1.87. The van der Waals surface area contributed by atoms with Gasteiger partial charge in [0.25, 0.3) is 0 Å². The quantitative estimate of drug-likeness (QED) is 0.590. The van der Waals surface area contributed by atoms with Gasteiger partial charge in [0.1, 0.15) is 11.5 Å². The van der Waals surface area contributed by atoms with Crippen molar-refractivity contribution in [3.8, 4) is 17.2 Å². The first-order valence-corrected chi connectivity index (χ1v) is 7.26. The Balaban J connectivity index is 2.57. The molecule has 0 spiro atoms. The van der Waals surface area contributed by atoms with Gasteiger partial charge in [0.05, 0.1) is 26.3 Å². The molecule has 0 heterocycles. The van der Waals surface area contributed by atoms with Gasteiger partial charge < -0.3 is 14.2 Å². The van der Waals surface area contributed by atoms with Crippen molar-refractivity contribution in [3.05, 3.63) is 63.7 Å². The Labute approximate surface area is 140 Å². The van der Waals surface area contributed by atoms with Crippen LogP contribution in [0.15, 0.2) is 42.5 Å². The summed E-state index contributed by atoms with van der Waals surface area (Å²) in [6, 6.07) is 10.4. The highest BCUT2D eigenvalue weighted by atomic mass is 16.6. The van der Waals surface area contributed by atoms with E-state index in [2.05, 4.69) is 0 Å². The van der Waals surface area contributed by atoms with Gasteiger partial charge in [0.15, 0.2) is 5.75 Å². The standard InChI is InChI=1S/C18H19NO5/c1-5-16(13-8-14(22-2)11-15(9-13)23-3)12-6-7-18(24-4)17(10-12)19(20)21/h5-11H,1-4H3. The Kier molecular flexibility index (Phi) is 5.42. The third kappa shape index (κ3) is 3.48. The molecule has 0 aromatic heterocycles. The van der Waals surface area contributed by atoms with Crippen LogP contribution in [-0.2, 0) is 0 Å². The average Bonchev–Trinajstić information content (AvgIpc) is 2.61. The molecule has 0 N–H and O–H groups in total. The number of rotatable bonds is 6. The molecule has 2 aromatic rings. The second-order valence-electron chi connectivity index (χ2n) is 4.95. The van der Waals surface area contributed by atoms with E-state index >= 15 is 0 Å². The van der Waals surface area contributed by atoms with E-state index in [1.165, 1.54) is 13.2 Å². The smallest absolute Gasteiger partial charge is 0.311 e. The van der Waals surface area contributed by atoms with E-state index in [9.17, 15) is 10.1 Å². The lowest BCUT2D eigenvalue weighted by molar-refractivity contribution is -0.385. The summed E-state index contributed by atoms with van der Waals surface area (Å²) >= 11 is 0. The van der Waals surface area contributed by atoms with Crippen LogP contribution in [0.4, 0.5) is 5.69 Å². The maximum atomic E-state index is 11.2. The summed E-state index contributed by atoms with van der Waals surface area (Å²) in [5.74, 6) is 1.51. The van der Waals surface area contributed by atoms with Crippen molar-refractivity contribution >= 4 is 11.3 Å². The van der Waals surface area contributed by atoms with Gasteiger partial charge in [-0.05, 0) is 41.8 Å². The molecule has 2 aromatic carbocycles. The van der Waals surface area contributed by atoms with E-state index in [4.69, 9.17) is 14.2 Å². The number of nitro groups is 1. The third-order valence-corrected chi connectivity index (χ3v) is 3.64. The fourth-order valence-corrected chi connectivity index (χ4v) is 2.46. The first-order valence-electron chi connectivity index (χ1n) is 7.26. The minimum absolute atomic E-state index is 0.0794. The molecule has 0 bridgehead atoms. The summed E-state index contributed by atoms with van der Waals surface area (Å²) < 4.78 is 15.6. The van der Waals surface area contributed by atoms with Crippen LogP contribution < -0.4 is 14.2 Å². The zero-order valence-electron chi connectivity index (χ0n) is 14.0. The highest BCUT2D eigenvalue weighted by Crippen LogP contribution is 2.35. The molecule has 2 rings (SSSR count). The first-order chi connectivity index (χ1) is 11.5. The maximum Gasteiger partial charge on any atom is 0.311 e. The van der Waals surface area contributed by atoms with Gasteiger partial charge in [-0.2, -0.15) is 0 Å². The molecule has 0 saturated heterocycles. The second-order valence-corrected chi connectivity index (χ2v) is 4.95. The Morgan fingerprint density at radius 3 is 2.04 bits per heavy atom. The summed E-state index contributed by atoms with van der Waals surface area (Å²) in [4.78, 5) is 10.8. The van der Waals surface area contributed by atoms with Crippen LogP contribution >= 0.6 is 0 Å². The molecule has 0 aliphatic carbocycles. The summed E-state index contributed by atoms with van der Waals surface area (Å²) in [6.07, 6.45) is 1.89. The van der Waals surface area contributed by atoms with Gasteiger partial charge in [0.2, 0.25) is 0 Å². The highest BCUT2D eigenvalue weighted by molar-refractivity contribution is 5.82. The van der Waals surface area contributed by atoms with Gasteiger partial charge in [-0.1, -0.05) is 12.1 Å². The van der Waals surface area contributed by atoms with E-state index in [0.717, 1.165) is 11.1 Å². The lowest BCUT2D eigenvalue weighted by Crippen LogP contribution is -1.97. The number of hydrogen-bond donors (Lipinski definition) is 0. The molecule has 126 valence electrons. The van der Waals surface area contributed by atoms with Crippen LogP contribution in [0.2, 0.25) is 0 Å². The zero-order chi connectivity index (χ0) is 17.7. The van der Waals surface area contributed by atoms with Gasteiger partial charge in [-0.15, -0.1) is 0 Å². The Morgan fingerprint density at radius 2 is 1.58 bits per heavy atom. The molecule has 0 aliphatic heterocycles. The van der Waals surface area contributed by atoms with Crippen molar-refractivity contribution < 1.29 is 19.1 Å². The minimum Gasteiger partial charge on any atom is -0.497 e. The molecule has 0 amide bonds. The lowest BCUT2D eigenvalue weighted by atomic mass is 9.96. The Bertz CT molecular complexity index is 761. The predicted molar refractivity (Wildman–Crippen MR) is 91.9 cm³/mol. The molecular weight excluding hydrogens is 310 g/mol. The first kappa shape index (κ1) is 17.3. The molecule has 6 heteroatoms. The van der Waals surface area contributed by atoms with Crippen LogP contribution in [0.3, 0.4) is 0 Å². The number of benzene rings is 2. The largest absolute Gasteiger partial charge is 0.497 e. The van der Waals surface area contributed by atoms with Gasteiger partial charge >= 0.3 is 5.69 Å².